The second kappa shape index (κ2) is 20.3. The minimum atomic E-state index is -5.78. The number of carbonyl (C=O) groups excluding carboxylic acids is 2. The molecule has 17 heteroatoms. The Hall–Kier alpha value is -2.37. The van der Waals surface area contributed by atoms with E-state index in [-0.39, 0.29) is 31.7 Å². The first-order chi connectivity index (χ1) is 26.8. The number of likely N-dealkylation sites (N-methyl/N-ethyl adjacent to an activating group) is 2. The van der Waals surface area contributed by atoms with Gasteiger partial charge in [-0.25, -0.2) is 4.79 Å². The Morgan fingerprint density at radius 2 is 1.75 bits per heavy atom. The monoisotopic (exact) mass is 842 g/mol. The molecule has 326 valence electrons. The average Bonchev–Trinajstić information content (AvgIpc) is 3.70. The van der Waals surface area contributed by atoms with Gasteiger partial charge in [0.05, 0.1) is 32.5 Å². The molecule has 1 aromatic carbocycles. The summed E-state index contributed by atoms with van der Waals surface area (Å²) in [5, 5.41) is -1.82. The third-order valence-corrected chi connectivity index (χ3v) is 13.2. The summed E-state index contributed by atoms with van der Waals surface area (Å²) >= 11 is 4.53. The van der Waals surface area contributed by atoms with Gasteiger partial charge in [0.25, 0.3) is 0 Å². The van der Waals surface area contributed by atoms with E-state index in [1.807, 2.05) is 0 Å². The van der Waals surface area contributed by atoms with Crippen molar-refractivity contribution in [2.24, 2.45) is 17.3 Å². The maximum atomic E-state index is 12.3. The summed E-state index contributed by atoms with van der Waals surface area (Å²) in [7, 11) is 9.84. The smallest absolute Gasteiger partial charge is 0.441 e. The molecule has 57 heavy (non-hydrogen) atoms. The normalized spacial score (nSPS) is 27.6. The lowest BCUT2D eigenvalue weighted by Gasteiger charge is -2.52. The van der Waals surface area contributed by atoms with E-state index in [0.717, 1.165) is 43.0 Å². The van der Waals surface area contributed by atoms with Gasteiger partial charge < -0.3 is 34.0 Å². The van der Waals surface area contributed by atoms with E-state index in [0.29, 0.717) is 49.8 Å². The summed E-state index contributed by atoms with van der Waals surface area (Å²) in [5.41, 5.74) is 3.54. The fourth-order valence-corrected chi connectivity index (χ4v) is 9.74. The standard InChI is InChI=1S/C31H49N3O4.C9H12ClF6NO2/c1-31-14-13-26-25-10-8-23(17-21(25)7-9-27(26)28(31)11-12-29(31)33(2)3)37-15-6-16-38-30(35)32-19-22-18-24(36-5)20-34(22)4;1-17(4-5-18)3-2-6-19-7(10,8(11,12)13)9(14,15)16/h8,10,17,22,24,26-29H,6-7,9,11-16,18-20H2,1-5H3,(H,32,35);5H,2-4,6H2,1H3. The Bertz CT molecular complexity index is 1440. The molecule has 1 aromatic rings. The largest absolute Gasteiger partial charge is 0.493 e. The third kappa shape index (κ3) is 11.7. The molecule has 0 spiro atoms. The van der Waals surface area contributed by atoms with Crippen molar-refractivity contribution in [3.63, 3.8) is 0 Å². The highest BCUT2D eigenvalue weighted by molar-refractivity contribution is 6.24. The number of amides is 1. The molecule has 0 bridgehead atoms. The number of alkyl halides is 7. The van der Waals surface area contributed by atoms with Gasteiger partial charge in [-0.1, -0.05) is 24.6 Å². The predicted octanol–water partition coefficient (Wildman–Crippen LogP) is 7.27. The fraction of sp³-hybridized carbons (Fsp3) is 0.800. The van der Waals surface area contributed by atoms with Crippen LogP contribution in [0.2, 0.25) is 0 Å². The predicted molar refractivity (Wildman–Crippen MR) is 205 cm³/mol. The minimum absolute atomic E-state index is 0.0184. The molecule has 1 heterocycles. The van der Waals surface area contributed by atoms with Crippen molar-refractivity contribution in [1.82, 2.24) is 20.0 Å². The van der Waals surface area contributed by atoms with E-state index in [4.69, 9.17) is 14.2 Å². The van der Waals surface area contributed by atoms with Crippen LogP contribution in [0.5, 0.6) is 5.75 Å². The number of rotatable bonds is 16. The summed E-state index contributed by atoms with van der Waals surface area (Å²) in [6.45, 7) is 4.24. The number of aryl methyl sites for hydroxylation is 1. The quantitative estimate of drug-likeness (QED) is 0.0799. The van der Waals surface area contributed by atoms with Crippen molar-refractivity contribution in [1.29, 1.82) is 0 Å². The van der Waals surface area contributed by atoms with Crippen LogP contribution in [0.25, 0.3) is 0 Å². The molecule has 1 saturated heterocycles. The summed E-state index contributed by atoms with van der Waals surface area (Å²) < 4.78 is 94.3. The van der Waals surface area contributed by atoms with Crippen molar-refractivity contribution < 1.29 is 54.9 Å². The number of aldehydes is 1. The maximum Gasteiger partial charge on any atom is 0.441 e. The Morgan fingerprint density at radius 3 is 2.39 bits per heavy atom. The summed E-state index contributed by atoms with van der Waals surface area (Å²) in [4.78, 5) is 28.3. The zero-order valence-electron chi connectivity index (χ0n) is 34.0. The number of nitrogens with zero attached hydrogens (tertiary/aromatic N) is 3. The van der Waals surface area contributed by atoms with E-state index in [9.17, 15) is 35.9 Å². The summed E-state index contributed by atoms with van der Waals surface area (Å²) in [6, 6.07) is 7.81. The molecule has 10 nitrogen and oxygen atoms in total. The maximum absolute atomic E-state index is 12.3. The molecule has 2 saturated carbocycles. The molecule has 1 aliphatic heterocycles. The van der Waals surface area contributed by atoms with Crippen LogP contribution in [0.1, 0.15) is 75.3 Å². The van der Waals surface area contributed by atoms with Crippen molar-refractivity contribution >= 4 is 24.0 Å². The van der Waals surface area contributed by atoms with Gasteiger partial charge in [0, 0.05) is 45.2 Å². The summed E-state index contributed by atoms with van der Waals surface area (Å²) in [6.07, 6.45) is -1.75. The van der Waals surface area contributed by atoms with E-state index < -0.39 is 24.0 Å². The van der Waals surface area contributed by atoms with Gasteiger partial charge in [-0.15, -0.1) is 0 Å². The number of likely N-dealkylation sites (tertiary alicyclic amines) is 1. The first-order valence-corrected chi connectivity index (χ1v) is 20.3. The number of hydrogen-bond donors (Lipinski definition) is 1. The average molecular weight is 843 g/mol. The van der Waals surface area contributed by atoms with E-state index in [1.165, 1.54) is 49.6 Å². The third-order valence-electron chi connectivity index (χ3n) is 12.6. The zero-order valence-corrected chi connectivity index (χ0v) is 34.8. The fourth-order valence-electron chi connectivity index (χ4n) is 9.66. The number of ether oxygens (including phenoxy) is 4. The van der Waals surface area contributed by atoms with E-state index in [2.05, 4.69) is 77.7 Å². The molecule has 5 rings (SSSR count). The lowest BCUT2D eigenvalue weighted by Crippen LogP contribution is -2.54. The van der Waals surface area contributed by atoms with Crippen LogP contribution in [0.3, 0.4) is 0 Å². The highest BCUT2D eigenvalue weighted by atomic mass is 35.5. The van der Waals surface area contributed by atoms with Gasteiger partial charge in [0.1, 0.15) is 12.0 Å². The number of benzene rings is 1. The molecule has 0 radical (unpaired) electrons. The molecule has 1 amide bonds. The van der Waals surface area contributed by atoms with Gasteiger partial charge in [-0.2, -0.15) is 26.3 Å². The number of methoxy groups -OCH3 is 1. The molecule has 4 aliphatic rings. The molecule has 3 fully saturated rings. The van der Waals surface area contributed by atoms with Crippen LogP contribution in [-0.2, 0) is 25.4 Å². The number of halogens is 7. The van der Waals surface area contributed by atoms with Gasteiger partial charge >= 0.3 is 23.5 Å². The van der Waals surface area contributed by atoms with Gasteiger partial charge in [0.2, 0.25) is 0 Å². The first kappa shape index (κ1) is 47.3. The van der Waals surface area contributed by atoms with Gasteiger partial charge in [-0.05, 0) is 126 Å². The molecule has 1 N–H and O–H groups in total. The zero-order chi connectivity index (χ0) is 42.2. The molecule has 7 atom stereocenters. The Labute approximate surface area is 338 Å². The second-order valence-electron chi connectivity index (χ2n) is 16.5. The van der Waals surface area contributed by atoms with Crippen LogP contribution >= 0.6 is 11.6 Å². The Balaban J connectivity index is 0.000000322. The molecule has 3 aliphatic carbocycles. The molecule has 7 unspecified atom stereocenters. The second-order valence-corrected chi connectivity index (χ2v) is 17.0. The first-order valence-electron chi connectivity index (χ1n) is 19.9. The highest BCUT2D eigenvalue weighted by Gasteiger charge is 2.72. The lowest BCUT2D eigenvalue weighted by molar-refractivity contribution is -0.344. The van der Waals surface area contributed by atoms with E-state index >= 15 is 0 Å². The van der Waals surface area contributed by atoms with Gasteiger partial charge in [-0.3, -0.25) is 9.80 Å². The van der Waals surface area contributed by atoms with Crippen molar-refractivity contribution in [2.45, 2.75) is 106 Å². The Kier molecular flexibility index (Phi) is 16.8. The van der Waals surface area contributed by atoms with Crippen molar-refractivity contribution in [2.75, 3.05) is 81.3 Å². The topological polar surface area (TPSA) is 92.8 Å². The van der Waals surface area contributed by atoms with Crippen LogP contribution in [0.4, 0.5) is 31.1 Å². The lowest BCUT2D eigenvalue weighted by atomic mass is 9.55. The SMILES string of the molecule is CN(CC=O)CCCOC(Cl)(C(F)(F)F)C(F)(F)F.COC1CC(CNC(=O)OCCCOc2ccc3c(c2)CCC2C3CCC3(C)C2CCC3N(C)C)N(C)C1. The van der Waals surface area contributed by atoms with Crippen LogP contribution in [0.15, 0.2) is 18.2 Å². The molecule has 0 aromatic heterocycles. The number of alkyl carbamates (subject to hydrolysis) is 1. The van der Waals surface area contributed by atoms with Crippen molar-refractivity contribution in [3.8, 4) is 5.75 Å². The molecular weight excluding hydrogens is 782 g/mol. The summed E-state index contributed by atoms with van der Waals surface area (Å²) in [5.74, 6) is 3.34. The van der Waals surface area contributed by atoms with E-state index in [1.54, 1.807) is 12.7 Å². The minimum Gasteiger partial charge on any atom is -0.493 e. The molecular formula is C40H61ClF6N4O6. The van der Waals surface area contributed by atoms with Crippen molar-refractivity contribution in [3.05, 3.63) is 29.3 Å². The number of nitrogens with one attached hydrogen (secondary N) is 1. The number of hydrogen-bond acceptors (Lipinski definition) is 9. The highest BCUT2D eigenvalue weighted by Crippen LogP contribution is 2.61. The van der Waals surface area contributed by atoms with Crippen LogP contribution in [-0.4, -0.2) is 144 Å². The van der Waals surface area contributed by atoms with Crippen LogP contribution in [0, 0.1) is 17.3 Å². The Morgan fingerprint density at radius 1 is 1.04 bits per heavy atom. The van der Waals surface area contributed by atoms with Gasteiger partial charge in [0.15, 0.2) is 0 Å². The van der Waals surface area contributed by atoms with Crippen LogP contribution < -0.4 is 10.1 Å². The number of fused-ring (bicyclic) bond motifs is 5. The number of carbonyl (C=O) groups is 2.